The van der Waals surface area contributed by atoms with Crippen LogP contribution in [0.15, 0.2) is 58.3 Å². The minimum absolute atomic E-state index is 0.188. The highest BCUT2D eigenvalue weighted by atomic mass is 32.2. The topological polar surface area (TPSA) is 51.2 Å². The van der Waals surface area contributed by atoms with Gasteiger partial charge in [0, 0.05) is 21.1 Å². The lowest BCUT2D eigenvalue weighted by atomic mass is 10.1. The molecule has 1 amide bonds. The lowest BCUT2D eigenvalue weighted by molar-refractivity contribution is -0.137. The van der Waals surface area contributed by atoms with Crippen LogP contribution in [-0.2, 0) is 12.8 Å². The number of rotatable bonds is 8. The highest BCUT2D eigenvalue weighted by molar-refractivity contribution is 7.99. The zero-order valence-corrected chi connectivity index (χ0v) is 18.5. The Morgan fingerprint density at radius 2 is 2.06 bits per heavy atom. The van der Waals surface area contributed by atoms with E-state index in [9.17, 15) is 18.0 Å². The van der Waals surface area contributed by atoms with Crippen LogP contribution in [0.3, 0.4) is 0 Å². The first kappa shape index (κ1) is 23.1. The minimum atomic E-state index is -4.59. The molecule has 0 bridgehead atoms. The highest BCUT2D eigenvalue weighted by Gasteiger charge is 2.34. The fourth-order valence-corrected chi connectivity index (χ4v) is 4.15. The second-order valence-corrected chi connectivity index (χ2v) is 9.02. The maximum atomic E-state index is 13.6. The van der Waals surface area contributed by atoms with E-state index >= 15 is 0 Å². The molecule has 2 aromatic carbocycles. The number of carbonyl (C=O) groups excluding carboxylic acids is 1. The summed E-state index contributed by atoms with van der Waals surface area (Å²) in [5, 5.41) is 4.42. The maximum Gasteiger partial charge on any atom is 0.418 e. The number of anilines is 1. The summed E-state index contributed by atoms with van der Waals surface area (Å²) in [4.78, 5) is 17.3. The number of amides is 1. The number of hydrogen-bond acceptors (Lipinski definition) is 5. The van der Waals surface area contributed by atoms with Crippen LogP contribution in [0.25, 0.3) is 0 Å². The van der Waals surface area contributed by atoms with Gasteiger partial charge in [0.1, 0.15) is 12.4 Å². The molecule has 3 rings (SSSR count). The van der Waals surface area contributed by atoms with Crippen LogP contribution >= 0.6 is 23.1 Å². The molecular weight excluding hydrogens is 445 g/mol. The quantitative estimate of drug-likeness (QED) is 0.368. The van der Waals surface area contributed by atoms with Crippen LogP contribution in [0.4, 0.5) is 18.9 Å². The summed E-state index contributed by atoms with van der Waals surface area (Å²) in [6.45, 7) is 4.17. The Balaban J connectivity index is 1.76. The average Bonchev–Trinajstić information content (AvgIpc) is 3.26. The number of carbonyl (C=O) groups is 1. The molecule has 1 heterocycles. The molecule has 0 aliphatic heterocycles. The highest BCUT2D eigenvalue weighted by Crippen LogP contribution is 2.38. The first-order valence-corrected chi connectivity index (χ1v) is 11.4. The van der Waals surface area contributed by atoms with E-state index in [0.717, 1.165) is 18.2 Å². The van der Waals surface area contributed by atoms with E-state index in [4.69, 9.17) is 4.74 Å². The van der Waals surface area contributed by atoms with Crippen LogP contribution in [0.2, 0.25) is 0 Å². The third kappa shape index (κ3) is 6.48. The van der Waals surface area contributed by atoms with Gasteiger partial charge in [0.05, 0.1) is 22.5 Å². The summed E-state index contributed by atoms with van der Waals surface area (Å²) in [6.07, 6.45) is -3.75. The van der Waals surface area contributed by atoms with E-state index in [1.807, 2.05) is 19.2 Å². The van der Waals surface area contributed by atoms with Crippen molar-refractivity contribution in [1.82, 2.24) is 4.98 Å². The van der Waals surface area contributed by atoms with E-state index in [1.165, 1.54) is 41.3 Å². The van der Waals surface area contributed by atoms with Crippen LogP contribution in [-0.4, -0.2) is 16.1 Å². The van der Waals surface area contributed by atoms with Crippen molar-refractivity contribution in [3.63, 3.8) is 0 Å². The van der Waals surface area contributed by atoms with Crippen molar-refractivity contribution in [1.29, 1.82) is 0 Å². The Morgan fingerprint density at radius 1 is 1.26 bits per heavy atom. The minimum Gasteiger partial charge on any atom is -0.487 e. The molecule has 1 aromatic heterocycles. The van der Waals surface area contributed by atoms with Crippen molar-refractivity contribution in [3.8, 4) is 5.75 Å². The first-order chi connectivity index (χ1) is 14.8. The van der Waals surface area contributed by atoms with Gasteiger partial charge in [-0.25, -0.2) is 4.98 Å². The Bertz CT molecular complexity index is 1020. The summed E-state index contributed by atoms with van der Waals surface area (Å²) in [5.41, 5.74) is 1.49. The van der Waals surface area contributed by atoms with Gasteiger partial charge in [0.25, 0.3) is 5.91 Å². The standard InChI is InChI=1S/C22H21F3N2O2S2/c1-3-14(2)31-18-7-8-20(19(10-18)22(23,24)25)27-21(28)15-5-4-6-17(9-15)29-11-16-12-30-13-26-16/h4-10,12-14H,3,11H2,1-2H3,(H,27,28). The van der Waals surface area contributed by atoms with E-state index in [0.29, 0.717) is 10.6 Å². The smallest absolute Gasteiger partial charge is 0.418 e. The number of alkyl halides is 3. The van der Waals surface area contributed by atoms with Crippen molar-refractivity contribution in [3.05, 3.63) is 70.2 Å². The maximum absolute atomic E-state index is 13.6. The Morgan fingerprint density at radius 3 is 2.74 bits per heavy atom. The van der Waals surface area contributed by atoms with Crippen molar-refractivity contribution < 1.29 is 22.7 Å². The predicted octanol–water partition coefficient (Wildman–Crippen LogP) is 6.88. The molecule has 0 aliphatic rings. The zero-order valence-electron chi connectivity index (χ0n) is 16.9. The molecule has 0 radical (unpaired) electrons. The van der Waals surface area contributed by atoms with E-state index in [2.05, 4.69) is 10.3 Å². The number of ether oxygens (including phenoxy) is 1. The first-order valence-electron chi connectivity index (χ1n) is 9.55. The number of nitrogens with zero attached hydrogens (tertiary/aromatic N) is 1. The molecule has 31 heavy (non-hydrogen) atoms. The number of halogens is 3. The molecule has 164 valence electrons. The molecule has 1 atom stereocenters. The molecule has 0 aliphatic carbocycles. The lowest BCUT2D eigenvalue weighted by Gasteiger charge is -2.16. The summed E-state index contributed by atoms with van der Waals surface area (Å²) in [6, 6.07) is 10.3. The van der Waals surface area contributed by atoms with Crippen LogP contribution in [0.5, 0.6) is 5.75 Å². The fraction of sp³-hybridized carbons (Fsp3) is 0.273. The third-order valence-corrected chi connectivity index (χ3v) is 6.32. The van der Waals surface area contributed by atoms with Crippen LogP contribution in [0, 0.1) is 0 Å². The van der Waals surface area contributed by atoms with Gasteiger partial charge in [-0.1, -0.05) is 19.9 Å². The fourth-order valence-electron chi connectivity index (χ4n) is 2.64. The molecular formula is C22H21F3N2O2S2. The number of thiazole rings is 1. The number of thioether (sulfide) groups is 1. The number of benzene rings is 2. The third-order valence-electron chi connectivity index (χ3n) is 4.42. The Kier molecular flexibility index (Phi) is 7.61. The zero-order chi connectivity index (χ0) is 22.4. The van der Waals surface area contributed by atoms with E-state index in [1.54, 1.807) is 23.7 Å². The van der Waals surface area contributed by atoms with Gasteiger partial charge in [-0.15, -0.1) is 23.1 Å². The van der Waals surface area contributed by atoms with Crippen molar-refractivity contribution >= 4 is 34.7 Å². The van der Waals surface area contributed by atoms with Crippen molar-refractivity contribution in [2.24, 2.45) is 0 Å². The average molecular weight is 467 g/mol. The monoisotopic (exact) mass is 466 g/mol. The van der Waals surface area contributed by atoms with Gasteiger partial charge >= 0.3 is 6.18 Å². The molecule has 0 fully saturated rings. The summed E-state index contributed by atoms with van der Waals surface area (Å²) in [7, 11) is 0. The Hall–Kier alpha value is -2.52. The Labute approximate surface area is 186 Å². The second kappa shape index (κ2) is 10.2. The summed E-state index contributed by atoms with van der Waals surface area (Å²) < 4.78 is 46.5. The number of nitrogens with one attached hydrogen (secondary N) is 1. The molecule has 4 nitrogen and oxygen atoms in total. The van der Waals surface area contributed by atoms with Crippen molar-refractivity contribution in [2.75, 3.05) is 5.32 Å². The molecule has 9 heteroatoms. The van der Waals surface area contributed by atoms with Gasteiger partial charge < -0.3 is 10.1 Å². The number of aromatic nitrogens is 1. The van der Waals surface area contributed by atoms with Gasteiger partial charge in [-0.3, -0.25) is 4.79 Å². The summed E-state index contributed by atoms with van der Waals surface area (Å²) in [5.74, 6) is -0.219. The number of hydrogen-bond donors (Lipinski definition) is 1. The van der Waals surface area contributed by atoms with Gasteiger partial charge in [0.2, 0.25) is 0 Å². The molecule has 0 saturated carbocycles. The van der Waals surface area contributed by atoms with Crippen LogP contribution in [0.1, 0.15) is 41.9 Å². The molecule has 0 saturated heterocycles. The van der Waals surface area contributed by atoms with Gasteiger partial charge in [-0.2, -0.15) is 13.2 Å². The van der Waals surface area contributed by atoms with Crippen molar-refractivity contribution in [2.45, 2.75) is 43.2 Å². The van der Waals surface area contributed by atoms with Gasteiger partial charge in [-0.05, 0) is 42.8 Å². The predicted molar refractivity (Wildman–Crippen MR) is 118 cm³/mol. The SMILES string of the molecule is CCC(C)Sc1ccc(NC(=O)c2cccc(OCc3cscn3)c2)c(C(F)(F)F)c1. The van der Waals surface area contributed by atoms with E-state index < -0.39 is 17.6 Å². The lowest BCUT2D eigenvalue weighted by Crippen LogP contribution is -2.17. The summed E-state index contributed by atoms with van der Waals surface area (Å²) >= 11 is 2.81. The molecule has 0 spiro atoms. The second-order valence-electron chi connectivity index (χ2n) is 6.79. The molecule has 3 aromatic rings. The van der Waals surface area contributed by atoms with Gasteiger partial charge in [0.15, 0.2) is 0 Å². The normalized spacial score (nSPS) is 12.4. The molecule has 1 unspecified atom stereocenters. The largest absolute Gasteiger partial charge is 0.487 e. The molecule has 1 N–H and O–H groups in total. The van der Waals surface area contributed by atoms with E-state index in [-0.39, 0.29) is 23.1 Å². The van der Waals surface area contributed by atoms with Crippen LogP contribution < -0.4 is 10.1 Å².